The SMILES string of the molecule is Nc1cccc(C#Cc2cc(F)cc(Cl)c2)c1. The Morgan fingerprint density at radius 2 is 1.76 bits per heavy atom. The Morgan fingerprint density at radius 1 is 1.00 bits per heavy atom. The lowest BCUT2D eigenvalue weighted by atomic mass is 10.1. The molecule has 0 bridgehead atoms. The minimum absolute atomic E-state index is 0.335. The largest absolute Gasteiger partial charge is 0.399 e. The Labute approximate surface area is 104 Å². The first kappa shape index (κ1) is 11.5. The summed E-state index contributed by atoms with van der Waals surface area (Å²) in [6.07, 6.45) is 0. The summed E-state index contributed by atoms with van der Waals surface area (Å²) in [6, 6.07) is 11.4. The zero-order valence-electron chi connectivity index (χ0n) is 8.87. The molecule has 0 atom stereocenters. The summed E-state index contributed by atoms with van der Waals surface area (Å²) in [5, 5.41) is 0.335. The average molecular weight is 246 g/mol. The summed E-state index contributed by atoms with van der Waals surface area (Å²) in [4.78, 5) is 0. The molecule has 0 heterocycles. The second-order valence-corrected chi connectivity index (χ2v) is 3.97. The van der Waals surface area contributed by atoms with Crippen LogP contribution in [0.15, 0.2) is 42.5 Å². The Bertz CT molecular complexity index is 591. The van der Waals surface area contributed by atoms with E-state index in [1.54, 1.807) is 18.2 Å². The van der Waals surface area contributed by atoms with Gasteiger partial charge in [0.25, 0.3) is 0 Å². The summed E-state index contributed by atoms with van der Waals surface area (Å²) in [5.41, 5.74) is 7.60. The lowest BCUT2D eigenvalue weighted by molar-refractivity contribution is 0.627. The Hall–Kier alpha value is -1.98. The van der Waals surface area contributed by atoms with Crippen LogP contribution >= 0.6 is 11.6 Å². The van der Waals surface area contributed by atoms with Crippen LogP contribution in [0.25, 0.3) is 0 Å². The molecule has 0 fully saturated rings. The van der Waals surface area contributed by atoms with Gasteiger partial charge in [-0.15, -0.1) is 0 Å². The first-order valence-corrected chi connectivity index (χ1v) is 5.35. The number of hydrogen-bond acceptors (Lipinski definition) is 1. The molecule has 2 N–H and O–H groups in total. The van der Waals surface area contributed by atoms with Crippen molar-refractivity contribution in [3.8, 4) is 11.8 Å². The first-order valence-electron chi connectivity index (χ1n) is 4.97. The summed E-state index contributed by atoms with van der Waals surface area (Å²) in [7, 11) is 0. The number of anilines is 1. The van der Waals surface area contributed by atoms with Crippen LogP contribution in [0.4, 0.5) is 10.1 Å². The van der Waals surface area contributed by atoms with Crippen molar-refractivity contribution >= 4 is 17.3 Å². The van der Waals surface area contributed by atoms with Crippen LogP contribution in [-0.4, -0.2) is 0 Å². The quantitative estimate of drug-likeness (QED) is 0.558. The predicted octanol–water partition coefficient (Wildman–Crippen LogP) is 3.46. The van der Waals surface area contributed by atoms with Crippen LogP contribution < -0.4 is 5.73 Å². The molecule has 0 aromatic heterocycles. The fraction of sp³-hybridized carbons (Fsp3) is 0. The van der Waals surface area contributed by atoms with Crippen LogP contribution in [0, 0.1) is 17.7 Å². The van der Waals surface area contributed by atoms with Crippen molar-refractivity contribution in [3.63, 3.8) is 0 Å². The van der Waals surface area contributed by atoms with Gasteiger partial charge in [0, 0.05) is 21.8 Å². The molecule has 0 radical (unpaired) electrons. The molecule has 3 heteroatoms. The molecule has 2 aromatic rings. The third kappa shape index (κ3) is 3.24. The normalized spacial score (nSPS) is 9.53. The van der Waals surface area contributed by atoms with Crippen LogP contribution in [0.1, 0.15) is 11.1 Å². The molecule has 2 rings (SSSR count). The first-order chi connectivity index (χ1) is 8.13. The van der Waals surface area contributed by atoms with Crippen LogP contribution in [-0.2, 0) is 0 Å². The third-order valence-electron chi connectivity index (χ3n) is 2.10. The zero-order valence-corrected chi connectivity index (χ0v) is 9.63. The molecule has 2 aromatic carbocycles. The molecule has 0 unspecified atom stereocenters. The minimum atomic E-state index is -0.394. The number of nitrogen functional groups attached to an aromatic ring is 1. The molecule has 0 spiro atoms. The Kier molecular flexibility index (Phi) is 3.32. The van der Waals surface area contributed by atoms with E-state index in [0.29, 0.717) is 16.3 Å². The number of halogens is 2. The van der Waals surface area contributed by atoms with Gasteiger partial charge in [-0.05, 0) is 36.4 Å². The van der Waals surface area contributed by atoms with Crippen molar-refractivity contribution in [1.82, 2.24) is 0 Å². The molecule has 0 aliphatic heterocycles. The van der Waals surface area contributed by atoms with E-state index < -0.39 is 5.82 Å². The van der Waals surface area contributed by atoms with Gasteiger partial charge in [-0.3, -0.25) is 0 Å². The van der Waals surface area contributed by atoms with Crippen molar-refractivity contribution in [2.24, 2.45) is 0 Å². The highest BCUT2D eigenvalue weighted by Crippen LogP contribution is 2.13. The van der Waals surface area contributed by atoms with Gasteiger partial charge in [-0.1, -0.05) is 29.5 Å². The Morgan fingerprint density at radius 3 is 2.47 bits per heavy atom. The van der Waals surface area contributed by atoms with Crippen molar-refractivity contribution in [2.75, 3.05) is 5.73 Å². The van der Waals surface area contributed by atoms with Crippen molar-refractivity contribution in [3.05, 3.63) is 64.4 Å². The van der Waals surface area contributed by atoms with Gasteiger partial charge in [0.1, 0.15) is 5.82 Å². The van der Waals surface area contributed by atoms with E-state index in [-0.39, 0.29) is 0 Å². The van der Waals surface area contributed by atoms with Gasteiger partial charge in [0.2, 0.25) is 0 Å². The average Bonchev–Trinajstić information content (AvgIpc) is 2.25. The molecule has 0 saturated carbocycles. The zero-order chi connectivity index (χ0) is 12.3. The van der Waals surface area contributed by atoms with Crippen LogP contribution in [0.2, 0.25) is 5.02 Å². The van der Waals surface area contributed by atoms with Crippen LogP contribution in [0.3, 0.4) is 0 Å². The minimum Gasteiger partial charge on any atom is -0.399 e. The van der Waals surface area contributed by atoms with Gasteiger partial charge in [0.05, 0.1) is 0 Å². The van der Waals surface area contributed by atoms with Gasteiger partial charge < -0.3 is 5.73 Å². The molecule has 17 heavy (non-hydrogen) atoms. The van der Waals surface area contributed by atoms with Gasteiger partial charge in [-0.2, -0.15) is 0 Å². The van der Waals surface area contributed by atoms with Gasteiger partial charge in [-0.25, -0.2) is 4.39 Å². The van der Waals surface area contributed by atoms with E-state index in [9.17, 15) is 4.39 Å². The summed E-state index contributed by atoms with van der Waals surface area (Å²) >= 11 is 5.73. The van der Waals surface area contributed by atoms with Crippen molar-refractivity contribution in [1.29, 1.82) is 0 Å². The van der Waals surface area contributed by atoms with Gasteiger partial charge in [0.15, 0.2) is 0 Å². The fourth-order valence-electron chi connectivity index (χ4n) is 1.39. The smallest absolute Gasteiger partial charge is 0.125 e. The highest BCUT2D eigenvalue weighted by molar-refractivity contribution is 6.30. The number of nitrogens with two attached hydrogens (primary N) is 1. The van der Waals surface area contributed by atoms with E-state index in [1.807, 2.05) is 12.1 Å². The highest BCUT2D eigenvalue weighted by Gasteiger charge is 1.96. The topological polar surface area (TPSA) is 26.0 Å². The van der Waals surface area contributed by atoms with E-state index in [1.165, 1.54) is 12.1 Å². The number of hydrogen-bond donors (Lipinski definition) is 1. The van der Waals surface area contributed by atoms with E-state index in [0.717, 1.165) is 5.56 Å². The lowest BCUT2D eigenvalue weighted by Gasteiger charge is -1.94. The second kappa shape index (κ2) is 4.90. The lowest BCUT2D eigenvalue weighted by Crippen LogP contribution is -1.84. The summed E-state index contributed by atoms with van der Waals surface area (Å²) < 4.78 is 13.0. The number of benzene rings is 2. The van der Waals surface area contributed by atoms with E-state index in [4.69, 9.17) is 17.3 Å². The van der Waals surface area contributed by atoms with Crippen LogP contribution in [0.5, 0.6) is 0 Å². The Balaban J connectivity index is 2.32. The van der Waals surface area contributed by atoms with Crippen molar-refractivity contribution < 1.29 is 4.39 Å². The monoisotopic (exact) mass is 245 g/mol. The molecule has 0 aliphatic rings. The van der Waals surface area contributed by atoms with E-state index in [2.05, 4.69) is 11.8 Å². The number of rotatable bonds is 0. The molecular formula is C14H9ClFN. The van der Waals surface area contributed by atoms with Gasteiger partial charge >= 0.3 is 0 Å². The van der Waals surface area contributed by atoms with E-state index >= 15 is 0 Å². The maximum Gasteiger partial charge on any atom is 0.125 e. The standard InChI is InChI=1S/C14H9ClFN/c15-12-6-11(7-13(16)9-12)5-4-10-2-1-3-14(17)8-10/h1-3,6-9H,17H2. The molecular weight excluding hydrogens is 237 g/mol. The second-order valence-electron chi connectivity index (χ2n) is 3.53. The summed E-state index contributed by atoms with van der Waals surface area (Å²) in [6.45, 7) is 0. The molecule has 84 valence electrons. The molecule has 0 saturated heterocycles. The maximum atomic E-state index is 13.0. The fourth-order valence-corrected chi connectivity index (χ4v) is 1.61. The molecule has 1 nitrogen and oxygen atoms in total. The predicted molar refractivity (Wildman–Crippen MR) is 68.2 cm³/mol. The molecule has 0 aliphatic carbocycles. The third-order valence-corrected chi connectivity index (χ3v) is 2.32. The highest BCUT2D eigenvalue weighted by atomic mass is 35.5. The maximum absolute atomic E-state index is 13.0. The van der Waals surface area contributed by atoms with Crippen molar-refractivity contribution in [2.45, 2.75) is 0 Å². The molecule has 0 amide bonds. The summed E-state index contributed by atoms with van der Waals surface area (Å²) in [5.74, 6) is 5.35.